The van der Waals surface area contributed by atoms with Gasteiger partial charge in [-0.1, -0.05) is 12.1 Å². The molecule has 0 saturated carbocycles. The van der Waals surface area contributed by atoms with E-state index in [4.69, 9.17) is 4.52 Å². The van der Waals surface area contributed by atoms with Crippen molar-refractivity contribution in [2.45, 2.75) is 19.8 Å². The third-order valence-corrected chi connectivity index (χ3v) is 4.44. The number of hydrogen-bond acceptors (Lipinski definition) is 7. The predicted octanol–water partition coefficient (Wildman–Crippen LogP) is 1.59. The summed E-state index contributed by atoms with van der Waals surface area (Å²) < 4.78 is 21.2. The Morgan fingerprint density at radius 1 is 1.48 bits per heavy atom. The van der Waals surface area contributed by atoms with E-state index in [9.17, 15) is 20.0 Å². The number of aliphatic hydroxyl groups excluding tert-OH is 1. The first-order chi connectivity index (χ1) is 13.0. The van der Waals surface area contributed by atoms with Crippen LogP contribution in [0.3, 0.4) is 0 Å². The van der Waals surface area contributed by atoms with Gasteiger partial charge < -0.3 is 14.8 Å². The van der Waals surface area contributed by atoms with E-state index in [0.29, 0.717) is 21.5 Å². The van der Waals surface area contributed by atoms with E-state index in [-0.39, 0.29) is 41.0 Å². The summed E-state index contributed by atoms with van der Waals surface area (Å²) in [4.78, 5) is 8.52. The molecule has 4 rings (SSSR count). The number of aryl methyl sites for hydroxylation is 1. The molecule has 1 unspecified atom stereocenters. The van der Waals surface area contributed by atoms with E-state index in [2.05, 4.69) is 15.1 Å². The Labute approximate surface area is 151 Å². The van der Waals surface area contributed by atoms with Gasteiger partial charge in [0.05, 0.1) is 12.5 Å². The number of benzene rings is 1. The predicted molar refractivity (Wildman–Crippen MR) is 89.9 cm³/mol. The van der Waals surface area contributed by atoms with Crippen molar-refractivity contribution in [3.05, 3.63) is 46.6 Å². The minimum absolute atomic E-state index is 0.0749. The molecule has 27 heavy (non-hydrogen) atoms. The van der Waals surface area contributed by atoms with Gasteiger partial charge in [0.1, 0.15) is 34.9 Å². The van der Waals surface area contributed by atoms with Crippen LogP contribution in [0.25, 0.3) is 28.1 Å². The standard InChI is InChI=1S/C17H13FN6O3/c1-8(6-25)17-21-16(22-27-17)13-14-9(2)24(26)15-10(5-19)11(18)3-4-12(15)23(14)7-20-13/h3-4,7-8,25H,6H2,1-2H3. The van der Waals surface area contributed by atoms with Crippen LogP contribution in [0.5, 0.6) is 0 Å². The number of rotatable bonds is 3. The molecule has 0 fully saturated rings. The lowest BCUT2D eigenvalue weighted by Crippen LogP contribution is -2.33. The molecular weight excluding hydrogens is 355 g/mol. The van der Waals surface area contributed by atoms with E-state index in [1.165, 1.54) is 19.3 Å². The number of fused-ring (bicyclic) bond motifs is 3. The molecule has 0 aliphatic rings. The monoisotopic (exact) mass is 368 g/mol. The molecule has 9 nitrogen and oxygen atoms in total. The van der Waals surface area contributed by atoms with Crippen molar-refractivity contribution in [1.29, 1.82) is 5.26 Å². The maximum absolute atomic E-state index is 14.0. The van der Waals surface area contributed by atoms with Gasteiger partial charge in [0.15, 0.2) is 5.56 Å². The Hall–Kier alpha value is -3.58. The normalized spacial score (nSPS) is 12.6. The van der Waals surface area contributed by atoms with Crippen LogP contribution in [0.15, 0.2) is 23.0 Å². The lowest BCUT2D eigenvalue weighted by atomic mass is 10.1. The molecular formula is C17H13FN6O3. The van der Waals surface area contributed by atoms with E-state index >= 15 is 0 Å². The highest BCUT2D eigenvalue weighted by atomic mass is 19.1. The maximum Gasteiger partial charge on any atom is 0.262 e. The molecule has 4 aromatic rings. The Morgan fingerprint density at radius 2 is 2.26 bits per heavy atom. The van der Waals surface area contributed by atoms with Crippen LogP contribution in [-0.4, -0.2) is 31.2 Å². The zero-order valence-electron chi connectivity index (χ0n) is 14.3. The second-order valence-corrected chi connectivity index (χ2v) is 6.13. The average Bonchev–Trinajstić information content (AvgIpc) is 3.32. The second kappa shape index (κ2) is 6.00. The van der Waals surface area contributed by atoms with Crippen LogP contribution in [-0.2, 0) is 0 Å². The highest BCUT2D eigenvalue weighted by molar-refractivity contribution is 5.85. The van der Waals surface area contributed by atoms with Gasteiger partial charge in [-0.3, -0.25) is 4.40 Å². The van der Waals surface area contributed by atoms with Crippen LogP contribution in [0, 0.1) is 29.3 Å². The van der Waals surface area contributed by atoms with Crippen molar-refractivity contribution in [2.75, 3.05) is 6.61 Å². The van der Waals surface area contributed by atoms with Gasteiger partial charge in [0, 0.05) is 6.92 Å². The van der Waals surface area contributed by atoms with Gasteiger partial charge in [-0.25, -0.2) is 9.37 Å². The fraction of sp³-hybridized carbons (Fsp3) is 0.235. The highest BCUT2D eigenvalue weighted by Crippen LogP contribution is 2.28. The summed E-state index contributed by atoms with van der Waals surface area (Å²) in [6.45, 7) is 3.11. The molecule has 0 saturated heterocycles. The summed E-state index contributed by atoms with van der Waals surface area (Å²) in [5, 5.41) is 35.1. The van der Waals surface area contributed by atoms with Gasteiger partial charge >= 0.3 is 0 Å². The summed E-state index contributed by atoms with van der Waals surface area (Å²) >= 11 is 0. The number of hydrogen-bond donors (Lipinski definition) is 1. The van der Waals surface area contributed by atoms with Gasteiger partial charge in [-0.2, -0.15) is 15.0 Å². The Morgan fingerprint density at radius 3 is 2.96 bits per heavy atom. The van der Waals surface area contributed by atoms with E-state index in [0.717, 1.165) is 6.07 Å². The molecule has 0 amide bonds. The van der Waals surface area contributed by atoms with Crippen molar-refractivity contribution >= 4 is 16.6 Å². The number of imidazole rings is 1. The van der Waals surface area contributed by atoms with Crippen molar-refractivity contribution < 1.29 is 18.8 Å². The number of halogens is 1. The maximum atomic E-state index is 14.0. The average molecular weight is 368 g/mol. The molecule has 0 spiro atoms. The molecule has 3 aromatic heterocycles. The zero-order valence-corrected chi connectivity index (χ0v) is 14.3. The zero-order chi connectivity index (χ0) is 19.3. The Bertz CT molecular complexity index is 1240. The molecule has 0 aliphatic carbocycles. The fourth-order valence-electron chi connectivity index (χ4n) is 2.98. The lowest BCUT2D eigenvalue weighted by Gasteiger charge is -2.09. The van der Waals surface area contributed by atoms with E-state index in [1.807, 2.05) is 0 Å². The lowest BCUT2D eigenvalue weighted by molar-refractivity contribution is -0.583. The molecule has 10 heteroatoms. The largest absolute Gasteiger partial charge is 0.618 e. The van der Waals surface area contributed by atoms with Gasteiger partial charge in [-0.05, 0) is 12.1 Å². The van der Waals surface area contributed by atoms with Gasteiger partial charge in [-0.15, -0.1) is 0 Å². The summed E-state index contributed by atoms with van der Waals surface area (Å²) in [7, 11) is 0. The molecule has 1 aromatic carbocycles. The van der Waals surface area contributed by atoms with Crippen molar-refractivity contribution in [3.8, 4) is 17.6 Å². The summed E-state index contributed by atoms with van der Waals surface area (Å²) in [5.74, 6) is -0.698. The third kappa shape index (κ3) is 2.32. The molecule has 0 bridgehead atoms. The third-order valence-electron chi connectivity index (χ3n) is 4.44. The van der Waals surface area contributed by atoms with Gasteiger partial charge in [0.25, 0.3) is 5.52 Å². The van der Waals surface area contributed by atoms with E-state index in [1.54, 1.807) is 17.4 Å². The molecule has 1 atom stereocenters. The second-order valence-electron chi connectivity index (χ2n) is 6.13. The Balaban J connectivity index is 2.04. The first kappa shape index (κ1) is 16.9. The first-order valence-corrected chi connectivity index (χ1v) is 8.04. The van der Waals surface area contributed by atoms with Gasteiger partial charge in [0.2, 0.25) is 17.4 Å². The highest BCUT2D eigenvalue weighted by Gasteiger charge is 2.26. The number of aliphatic hydroxyl groups is 1. The summed E-state index contributed by atoms with van der Waals surface area (Å²) in [6.07, 6.45) is 1.45. The van der Waals surface area contributed by atoms with E-state index < -0.39 is 5.82 Å². The smallest absolute Gasteiger partial charge is 0.262 e. The van der Waals surface area contributed by atoms with Crippen LogP contribution in [0.1, 0.15) is 30.0 Å². The number of nitrogens with zero attached hydrogens (tertiary/aromatic N) is 6. The van der Waals surface area contributed by atoms with Crippen LogP contribution in [0.2, 0.25) is 0 Å². The van der Waals surface area contributed by atoms with Crippen LogP contribution >= 0.6 is 0 Å². The molecule has 3 heterocycles. The minimum Gasteiger partial charge on any atom is -0.618 e. The van der Waals surface area contributed by atoms with Crippen molar-refractivity contribution in [1.82, 2.24) is 19.5 Å². The van der Waals surface area contributed by atoms with Crippen molar-refractivity contribution in [2.24, 2.45) is 0 Å². The summed E-state index contributed by atoms with van der Waals surface area (Å²) in [5.41, 5.74) is 0.850. The minimum atomic E-state index is -0.769. The number of nitriles is 1. The fourth-order valence-corrected chi connectivity index (χ4v) is 2.98. The van der Waals surface area contributed by atoms with Crippen LogP contribution < -0.4 is 4.73 Å². The topological polar surface area (TPSA) is 127 Å². The molecule has 0 aliphatic heterocycles. The Kier molecular flexibility index (Phi) is 3.75. The number of aromatic nitrogens is 5. The molecule has 0 radical (unpaired) electrons. The molecule has 1 N–H and O–H groups in total. The quantitative estimate of drug-likeness (QED) is 0.429. The molecule has 136 valence electrons. The van der Waals surface area contributed by atoms with Crippen molar-refractivity contribution in [3.63, 3.8) is 0 Å². The summed E-state index contributed by atoms with van der Waals surface area (Å²) in [6, 6.07) is 4.28. The van der Waals surface area contributed by atoms with Crippen LogP contribution in [0.4, 0.5) is 4.39 Å². The first-order valence-electron chi connectivity index (χ1n) is 8.04. The SMILES string of the molecule is Cc1c2c(-c3noc(C(C)CO)n3)ncn2c2ccc(F)c(C#N)c2[n+]1[O-].